The second kappa shape index (κ2) is 17.8. The van der Waals surface area contributed by atoms with Gasteiger partial charge in [-0.1, -0.05) is 54.6 Å². The second-order valence-electron chi connectivity index (χ2n) is 16.9. The van der Waals surface area contributed by atoms with Crippen molar-refractivity contribution in [3.8, 4) is 11.5 Å². The highest BCUT2D eigenvalue weighted by Gasteiger charge is 2.46. The van der Waals surface area contributed by atoms with Gasteiger partial charge in [0, 0.05) is 30.0 Å². The average Bonchev–Trinajstić information content (AvgIpc) is 3.58. The van der Waals surface area contributed by atoms with Crippen LogP contribution < -0.4 is 9.47 Å². The van der Waals surface area contributed by atoms with E-state index in [-0.39, 0.29) is 28.7 Å². The maximum absolute atomic E-state index is 11.5. The molecule has 0 aromatic heterocycles. The van der Waals surface area contributed by atoms with E-state index in [9.17, 15) is 13.0 Å². The fourth-order valence-electron chi connectivity index (χ4n) is 9.50. The van der Waals surface area contributed by atoms with Crippen LogP contribution in [0.1, 0.15) is 95.4 Å². The van der Waals surface area contributed by atoms with Gasteiger partial charge in [0.15, 0.2) is 12.3 Å². The van der Waals surface area contributed by atoms with Crippen LogP contribution in [0.4, 0.5) is 5.69 Å². The number of rotatable bonds is 16. The summed E-state index contributed by atoms with van der Waals surface area (Å²) < 4.78 is 47.3. The smallest absolute Gasteiger partial charge is 0.264 e. The van der Waals surface area contributed by atoms with E-state index in [1.54, 1.807) is 7.11 Å². The molecule has 3 aliphatic rings. The van der Waals surface area contributed by atoms with E-state index < -0.39 is 10.1 Å². The zero-order valence-corrected chi connectivity index (χ0v) is 36.5. The maximum Gasteiger partial charge on any atom is 0.264 e. The highest BCUT2D eigenvalue weighted by molar-refractivity contribution is 7.85. The number of ether oxygens (including phenoxy) is 2. The summed E-state index contributed by atoms with van der Waals surface area (Å²) in [7, 11) is -2.34. The van der Waals surface area contributed by atoms with Gasteiger partial charge in [0.25, 0.3) is 10.1 Å². The number of aliphatic imine (C=N–C) groups is 1. The lowest BCUT2D eigenvalue weighted by atomic mass is 9.78. The van der Waals surface area contributed by atoms with Crippen LogP contribution >= 0.6 is 12.2 Å². The van der Waals surface area contributed by atoms with Gasteiger partial charge in [0.05, 0.1) is 41.6 Å². The number of isothiocyanates is 1. The van der Waals surface area contributed by atoms with Gasteiger partial charge in [-0.3, -0.25) is 4.55 Å². The standard InChI is InChI=1S/C49H55N3O5S2/c1-48(2)45(51(31-13-30-50-34-58)44-27-21-35-14-6-7-17-40(35)46(44)48)28-22-36-15-12-16-37(47(36)57-39-25-23-38(56-5)24-26-39)29-32-52-43(20-10-11-33-59(53,54)55)41-18-8-9-19-42(41)49(52,3)4/h6-9,14,17-19,21-29,32,37,43H,10-13,15-16,20,30-31,33H2,1-5H3/p+1. The minimum absolute atomic E-state index is 0.0107. The van der Waals surface area contributed by atoms with Crippen molar-refractivity contribution in [3.63, 3.8) is 0 Å². The van der Waals surface area contributed by atoms with E-state index in [1.807, 2.05) is 24.3 Å². The van der Waals surface area contributed by atoms with Crippen LogP contribution in [0.3, 0.4) is 0 Å². The van der Waals surface area contributed by atoms with Gasteiger partial charge >= 0.3 is 0 Å². The summed E-state index contributed by atoms with van der Waals surface area (Å²) in [6.45, 7) is 10.6. The number of thiocarbonyl (C=S) groups is 1. The Morgan fingerprint density at radius 3 is 2.46 bits per heavy atom. The Kier molecular flexibility index (Phi) is 12.7. The third kappa shape index (κ3) is 9.02. The summed E-state index contributed by atoms with van der Waals surface area (Å²) in [4.78, 5) is 6.66. The fourth-order valence-corrected chi connectivity index (χ4v) is 10.2. The SMILES string of the molecule is COc1ccc(OC2=C(C=CC3=[N+](CCCN=C=S)c4ccc5ccccc5c4C3(C)C)CCCC2C=CN2C(CCCCS(=O)(=O)O)c3ccccc3C2(C)C)cc1. The molecule has 0 radical (unpaired) electrons. The molecule has 4 aromatic carbocycles. The fraction of sp³-hybridized carbons (Fsp3) is 0.388. The van der Waals surface area contributed by atoms with Crippen molar-refractivity contribution in [1.82, 2.24) is 4.90 Å². The van der Waals surface area contributed by atoms with Crippen LogP contribution in [0.5, 0.6) is 11.5 Å². The quantitative estimate of drug-likeness (QED) is 0.0395. The summed E-state index contributed by atoms with van der Waals surface area (Å²) in [5, 5.41) is 5.04. The lowest BCUT2D eigenvalue weighted by Crippen LogP contribution is -2.33. The molecule has 4 aromatic rings. The van der Waals surface area contributed by atoms with Crippen LogP contribution in [-0.2, 0) is 21.1 Å². The molecule has 0 saturated carbocycles. The highest BCUT2D eigenvalue weighted by atomic mass is 32.2. The second-order valence-corrected chi connectivity index (χ2v) is 18.6. The number of fused-ring (bicyclic) bond motifs is 4. The van der Waals surface area contributed by atoms with Crippen molar-refractivity contribution >= 4 is 49.7 Å². The Bertz CT molecular complexity index is 2480. The summed E-state index contributed by atoms with van der Waals surface area (Å²) >= 11 is 4.88. The van der Waals surface area contributed by atoms with E-state index in [2.05, 4.69) is 132 Å². The average molecular weight is 831 g/mol. The number of allylic oxidation sites excluding steroid dienone is 4. The summed E-state index contributed by atoms with van der Waals surface area (Å²) in [6.07, 6.45) is 14.7. The van der Waals surface area contributed by atoms with Crippen LogP contribution in [-0.4, -0.2) is 59.3 Å². The first-order valence-corrected chi connectivity index (χ1v) is 22.8. The molecule has 7 rings (SSSR count). The number of methoxy groups -OCH3 is 1. The monoisotopic (exact) mass is 830 g/mol. The topological polar surface area (TPSA) is 91.4 Å². The first kappa shape index (κ1) is 42.3. The van der Waals surface area contributed by atoms with E-state index in [0.29, 0.717) is 19.4 Å². The third-order valence-corrected chi connectivity index (χ3v) is 13.3. The molecule has 0 spiro atoms. The third-order valence-electron chi connectivity index (χ3n) is 12.4. The summed E-state index contributed by atoms with van der Waals surface area (Å²) in [6, 6.07) is 29.6. The molecule has 2 aliphatic heterocycles. The maximum atomic E-state index is 11.5. The molecule has 10 heteroatoms. The zero-order valence-electron chi connectivity index (χ0n) is 34.9. The van der Waals surface area contributed by atoms with E-state index in [0.717, 1.165) is 55.9 Å². The molecule has 2 unspecified atom stereocenters. The van der Waals surface area contributed by atoms with Crippen molar-refractivity contribution < 1.29 is 27.0 Å². The van der Waals surface area contributed by atoms with Gasteiger partial charge in [-0.05, 0) is 149 Å². The number of benzene rings is 4. The van der Waals surface area contributed by atoms with Gasteiger partial charge in [-0.15, -0.1) is 0 Å². The van der Waals surface area contributed by atoms with Gasteiger partial charge < -0.3 is 14.4 Å². The highest BCUT2D eigenvalue weighted by Crippen LogP contribution is 2.49. The summed E-state index contributed by atoms with van der Waals surface area (Å²) in [5.74, 6) is 2.25. The van der Waals surface area contributed by atoms with Gasteiger partial charge in [-0.25, -0.2) is 4.99 Å². The van der Waals surface area contributed by atoms with Crippen molar-refractivity contribution in [2.24, 2.45) is 10.9 Å². The van der Waals surface area contributed by atoms with Crippen molar-refractivity contribution in [2.75, 3.05) is 26.0 Å². The minimum Gasteiger partial charge on any atom is -0.497 e. The Morgan fingerprint density at radius 2 is 1.69 bits per heavy atom. The van der Waals surface area contributed by atoms with Gasteiger partial charge in [0.1, 0.15) is 17.3 Å². The largest absolute Gasteiger partial charge is 0.497 e. The number of nitrogens with zero attached hydrogens (tertiary/aromatic N) is 3. The number of unbranched alkanes of at least 4 members (excludes halogenated alkanes) is 1. The van der Waals surface area contributed by atoms with Crippen LogP contribution in [0.2, 0.25) is 0 Å². The molecule has 0 amide bonds. The molecular weight excluding hydrogens is 775 g/mol. The molecule has 1 aliphatic carbocycles. The number of hydrogen-bond acceptors (Lipinski definition) is 7. The Balaban J connectivity index is 1.27. The van der Waals surface area contributed by atoms with Crippen molar-refractivity contribution in [1.29, 1.82) is 0 Å². The van der Waals surface area contributed by atoms with Gasteiger partial charge in [0.2, 0.25) is 5.69 Å². The van der Waals surface area contributed by atoms with Crippen LogP contribution in [0.15, 0.2) is 126 Å². The van der Waals surface area contributed by atoms with Crippen LogP contribution in [0, 0.1) is 5.92 Å². The molecule has 0 saturated heterocycles. The predicted molar refractivity (Wildman–Crippen MR) is 242 cm³/mol. The van der Waals surface area contributed by atoms with Gasteiger partial charge in [-0.2, -0.15) is 13.0 Å². The van der Waals surface area contributed by atoms with Crippen molar-refractivity contribution in [2.45, 2.75) is 89.6 Å². The molecule has 1 N–H and O–H groups in total. The lowest BCUT2D eigenvalue weighted by molar-refractivity contribution is -0.437. The van der Waals surface area contributed by atoms with E-state index >= 15 is 0 Å². The molecule has 8 nitrogen and oxygen atoms in total. The Labute approximate surface area is 355 Å². The zero-order chi connectivity index (χ0) is 41.8. The first-order chi connectivity index (χ1) is 28.3. The van der Waals surface area contributed by atoms with E-state index in [4.69, 9.17) is 21.7 Å². The Hall–Kier alpha value is -4.86. The number of hydrogen-bond donors (Lipinski definition) is 1. The molecule has 0 bridgehead atoms. The minimum atomic E-state index is -4.00. The van der Waals surface area contributed by atoms with Crippen molar-refractivity contribution in [3.05, 3.63) is 137 Å². The molecule has 308 valence electrons. The lowest BCUT2D eigenvalue weighted by Gasteiger charge is -2.36. The Morgan fingerprint density at radius 1 is 0.949 bits per heavy atom. The predicted octanol–water partition coefficient (Wildman–Crippen LogP) is 11.3. The van der Waals surface area contributed by atoms with E-state index in [1.165, 1.54) is 44.4 Å². The van der Waals surface area contributed by atoms with Crippen LogP contribution in [0.25, 0.3) is 10.8 Å². The summed E-state index contributed by atoms with van der Waals surface area (Å²) in [5.41, 5.74) is 6.94. The first-order valence-electron chi connectivity index (χ1n) is 20.8. The molecule has 2 atom stereocenters. The molecule has 0 fully saturated rings. The molecular formula is C49H56N3O5S2+. The molecule has 59 heavy (non-hydrogen) atoms. The normalized spacial score (nSPS) is 19.7. The molecule has 2 heterocycles.